The van der Waals surface area contributed by atoms with Crippen LogP contribution < -0.4 is 19.7 Å². The van der Waals surface area contributed by atoms with Crippen LogP contribution in [-0.4, -0.2) is 46.2 Å². The lowest BCUT2D eigenvalue weighted by Crippen LogP contribution is -2.38. The molecule has 0 unspecified atom stereocenters. The number of sulfonamides is 1. The molecule has 0 aromatic heterocycles. The van der Waals surface area contributed by atoms with Crippen LogP contribution in [0.2, 0.25) is 0 Å². The number of benzene rings is 3. The number of hydrogen-bond acceptors (Lipinski definition) is 6. The maximum absolute atomic E-state index is 13.8. The van der Waals surface area contributed by atoms with Crippen LogP contribution in [0.5, 0.6) is 5.75 Å². The number of nitrogens with zero attached hydrogens (tertiary/aromatic N) is 1. The number of thioether (sulfide) groups is 1. The van der Waals surface area contributed by atoms with Gasteiger partial charge in [0.25, 0.3) is 15.9 Å². The van der Waals surface area contributed by atoms with Gasteiger partial charge in [0, 0.05) is 11.4 Å². The minimum atomic E-state index is -4.15. The van der Waals surface area contributed by atoms with E-state index in [-0.39, 0.29) is 28.4 Å². The summed E-state index contributed by atoms with van der Waals surface area (Å²) in [4.78, 5) is 26.7. The highest BCUT2D eigenvalue weighted by Crippen LogP contribution is 2.33. The van der Waals surface area contributed by atoms with Crippen LogP contribution in [0.15, 0.2) is 95.2 Å². The molecular weight excluding hydrogens is 510 g/mol. The Balaban J connectivity index is 1.98. The normalized spacial score (nSPS) is 10.9. The van der Waals surface area contributed by atoms with E-state index in [4.69, 9.17) is 4.74 Å². The molecule has 0 heterocycles. The van der Waals surface area contributed by atoms with Gasteiger partial charge in [-0.05, 0) is 61.7 Å². The molecule has 0 aliphatic heterocycles. The summed E-state index contributed by atoms with van der Waals surface area (Å²) in [5, 5.41) is 5.36. The van der Waals surface area contributed by atoms with Crippen LogP contribution in [0.1, 0.15) is 17.3 Å². The lowest BCUT2D eigenvalue weighted by atomic mass is 10.1. The zero-order valence-corrected chi connectivity index (χ0v) is 22.3. The Morgan fingerprint density at radius 1 is 1.03 bits per heavy atom. The fraction of sp³-hybridized carbons (Fsp3) is 0.185. The molecule has 10 heteroatoms. The Morgan fingerprint density at radius 2 is 1.70 bits per heavy atom. The van der Waals surface area contributed by atoms with Crippen molar-refractivity contribution >= 4 is 45.0 Å². The van der Waals surface area contributed by atoms with Gasteiger partial charge in [-0.1, -0.05) is 30.3 Å². The number of anilines is 2. The molecule has 194 valence electrons. The van der Waals surface area contributed by atoms with Gasteiger partial charge in [-0.2, -0.15) is 0 Å². The van der Waals surface area contributed by atoms with Gasteiger partial charge < -0.3 is 15.4 Å². The summed E-state index contributed by atoms with van der Waals surface area (Å²) in [5.41, 5.74) is 0.730. The highest BCUT2D eigenvalue weighted by atomic mass is 32.2. The Bertz CT molecular complexity index is 1360. The standard InChI is InChI=1S/C27H29N3O5S2/c1-4-18-28-27(32)22-10-6-7-11-23(22)29-26(31)19-30(24-12-8-9-13-25(24)35-5-2)37(33,34)21-16-14-20(36-3)15-17-21/h4,6-17H,1,5,18-19H2,2-3H3,(H,28,32)(H,29,31). The average Bonchev–Trinajstić information content (AvgIpc) is 2.91. The topological polar surface area (TPSA) is 105 Å². The van der Waals surface area contributed by atoms with Crippen LogP contribution in [-0.2, 0) is 14.8 Å². The molecule has 0 spiro atoms. The molecule has 0 saturated heterocycles. The molecule has 0 saturated carbocycles. The molecule has 37 heavy (non-hydrogen) atoms. The number of hydrogen-bond donors (Lipinski definition) is 2. The van der Waals surface area contributed by atoms with E-state index < -0.39 is 28.4 Å². The van der Waals surface area contributed by atoms with Gasteiger partial charge in [0.1, 0.15) is 12.3 Å². The Kier molecular flexibility index (Phi) is 9.76. The first-order chi connectivity index (χ1) is 17.8. The first kappa shape index (κ1) is 27.8. The monoisotopic (exact) mass is 539 g/mol. The minimum absolute atomic E-state index is 0.0357. The van der Waals surface area contributed by atoms with E-state index in [0.29, 0.717) is 12.4 Å². The van der Waals surface area contributed by atoms with Crippen molar-refractivity contribution in [3.05, 3.63) is 91.0 Å². The molecule has 0 aliphatic carbocycles. The van der Waals surface area contributed by atoms with Crippen molar-refractivity contribution in [3.63, 3.8) is 0 Å². The van der Waals surface area contributed by atoms with Gasteiger partial charge in [0.2, 0.25) is 5.91 Å². The van der Waals surface area contributed by atoms with Crippen LogP contribution >= 0.6 is 11.8 Å². The fourth-order valence-electron chi connectivity index (χ4n) is 3.49. The predicted octanol–water partition coefficient (Wildman–Crippen LogP) is 4.56. The molecular formula is C27H29N3O5S2. The number of nitrogens with one attached hydrogen (secondary N) is 2. The van der Waals surface area contributed by atoms with Crippen molar-refractivity contribution in [2.75, 3.05) is 35.6 Å². The van der Waals surface area contributed by atoms with E-state index in [0.717, 1.165) is 9.20 Å². The van der Waals surface area contributed by atoms with Crippen LogP contribution in [0.25, 0.3) is 0 Å². The van der Waals surface area contributed by atoms with Gasteiger partial charge in [-0.15, -0.1) is 18.3 Å². The van der Waals surface area contributed by atoms with Gasteiger partial charge in [-0.25, -0.2) is 8.42 Å². The summed E-state index contributed by atoms with van der Waals surface area (Å²) >= 11 is 1.49. The minimum Gasteiger partial charge on any atom is -0.492 e. The van der Waals surface area contributed by atoms with Gasteiger partial charge in [-0.3, -0.25) is 13.9 Å². The lowest BCUT2D eigenvalue weighted by Gasteiger charge is -2.26. The number of ether oxygens (including phenoxy) is 1. The second kappa shape index (κ2) is 13.0. The molecule has 2 N–H and O–H groups in total. The number of amides is 2. The maximum atomic E-state index is 13.8. The quantitative estimate of drug-likeness (QED) is 0.258. The molecule has 0 radical (unpaired) electrons. The van der Waals surface area contributed by atoms with E-state index in [9.17, 15) is 18.0 Å². The Hall–Kier alpha value is -3.76. The molecule has 8 nitrogen and oxygen atoms in total. The third-order valence-corrected chi connectivity index (χ3v) is 7.74. The molecule has 3 aromatic carbocycles. The highest BCUT2D eigenvalue weighted by molar-refractivity contribution is 7.98. The SMILES string of the molecule is C=CCNC(=O)c1ccccc1NC(=O)CN(c1ccccc1OCC)S(=O)(=O)c1ccc(SC)cc1. The lowest BCUT2D eigenvalue weighted by molar-refractivity contribution is -0.114. The van der Waals surface area contributed by atoms with E-state index in [1.807, 2.05) is 6.26 Å². The average molecular weight is 540 g/mol. The first-order valence-corrected chi connectivity index (χ1v) is 14.1. The van der Waals surface area contributed by atoms with Crippen molar-refractivity contribution in [1.29, 1.82) is 0 Å². The Morgan fingerprint density at radius 3 is 2.38 bits per heavy atom. The number of carbonyl (C=O) groups excluding carboxylic acids is 2. The molecule has 0 fully saturated rings. The number of para-hydroxylation sites is 3. The molecule has 3 rings (SSSR count). The zero-order valence-electron chi connectivity index (χ0n) is 20.6. The second-order valence-electron chi connectivity index (χ2n) is 7.68. The largest absolute Gasteiger partial charge is 0.492 e. The Labute approximate surface area is 221 Å². The van der Waals surface area contributed by atoms with Crippen molar-refractivity contribution in [1.82, 2.24) is 5.32 Å². The molecule has 3 aromatic rings. The van der Waals surface area contributed by atoms with Crippen LogP contribution in [0.4, 0.5) is 11.4 Å². The molecule has 0 bridgehead atoms. The first-order valence-electron chi connectivity index (χ1n) is 11.5. The molecule has 0 atom stereocenters. The van der Waals surface area contributed by atoms with E-state index >= 15 is 0 Å². The smallest absolute Gasteiger partial charge is 0.264 e. The summed E-state index contributed by atoms with van der Waals surface area (Å²) in [6, 6.07) is 19.6. The van der Waals surface area contributed by atoms with Crippen molar-refractivity contribution in [2.45, 2.75) is 16.7 Å². The van der Waals surface area contributed by atoms with Gasteiger partial charge >= 0.3 is 0 Å². The summed E-state index contributed by atoms with van der Waals surface area (Å²) < 4.78 is 34.2. The maximum Gasteiger partial charge on any atom is 0.264 e. The third kappa shape index (κ3) is 6.93. The summed E-state index contributed by atoms with van der Waals surface area (Å²) in [5.74, 6) is -0.693. The van der Waals surface area contributed by atoms with Crippen molar-refractivity contribution in [3.8, 4) is 5.75 Å². The highest BCUT2D eigenvalue weighted by Gasteiger charge is 2.30. The van der Waals surface area contributed by atoms with Crippen LogP contribution in [0.3, 0.4) is 0 Å². The van der Waals surface area contributed by atoms with E-state index in [1.165, 1.54) is 23.9 Å². The third-order valence-electron chi connectivity index (χ3n) is 5.22. The van der Waals surface area contributed by atoms with Crippen molar-refractivity contribution < 1.29 is 22.7 Å². The second-order valence-corrected chi connectivity index (χ2v) is 10.4. The fourth-order valence-corrected chi connectivity index (χ4v) is 5.33. The van der Waals surface area contributed by atoms with E-state index in [2.05, 4.69) is 17.2 Å². The summed E-state index contributed by atoms with van der Waals surface area (Å²) in [7, 11) is -4.15. The number of rotatable bonds is 12. The molecule has 0 aliphatic rings. The zero-order chi connectivity index (χ0) is 26.8. The van der Waals surface area contributed by atoms with Gasteiger partial charge in [0.15, 0.2) is 0 Å². The molecule has 2 amide bonds. The van der Waals surface area contributed by atoms with Gasteiger partial charge in [0.05, 0.1) is 28.4 Å². The van der Waals surface area contributed by atoms with E-state index in [1.54, 1.807) is 73.7 Å². The summed E-state index contributed by atoms with van der Waals surface area (Å²) in [6.45, 7) is 5.40. The predicted molar refractivity (Wildman–Crippen MR) is 148 cm³/mol. The summed E-state index contributed by atoms with van der Waals surface area (Å²) in [6.07, 6.45) is 3.44. The van der Waals surface area contributed by atoms with Crippen LogP contribution in [0, 0.1) is 0 Å². The number of carbonyl (C=O) groups is 2. The van der Waals surface area contributed by atoms with Crippen molar-refractivity contribution in [2.24, 2.45) is 0 Å².